The SMILES string of the molecule is Nc1ncnc2c1ncn2[C@H]1CC[C@@]2(CO)C[C@H]12. The summed E-state index contributed by atoms with van der Waals surface area (Å²) in [5, 5.41) is 9.47. The van der Waals surface area contributed by atoms with Crippen molar-refractivity contribution < 1.29 is 5.11 Å². The van der Waals surface area contributed by atoms with E-state index in [0.717, 1.165) is 24.9 Å². The van der Waals surface area contributed by atoms with Gasteiger partial charge in [-0.15, -0.1) is 0 Å². The second kappa shape index (κ2) is 3.20. The third-order valence-electron chi connectivity index (χ3n) is 4.71. The van der Waals surface area contributed by atoms with Crippen LogP contribution in [0.5, 0.6) is 0 Å². The zero-order valence-corrected chi connectivity index (χ0v) is 9.95. The molecule has 0 spiro atoms. The molecule has 0 amide bonds. The Morgan fingerprint density at radius 1 is 1.44 bits per heavy atom. The van der Waals surface area contributed by atoms with E-state index >= 15 is 0 Å². The van der Waals surface area contributed by atoms with Gasteiger partial charge in [0.2, 0.25) is 0 Å². The van der Waals surface area contributed by atoms with Crippen LogP contribution in [0.3, 0.4) is 0 Å². The highest BCUT2D eigenvalue weighted by atomic mass is 16.3. The van der Waals surface area contributed by atoms with Gasteiger partial charge in [0.25, 0.3) is 0 Å². The number of imidazole rings is 1. The first-order valence-corrected chi connectivity index (χ1v) is 6.29. The number of anilines is 1. The Kier molecular flexibility index (Phi) is 1.82. The molecule has 0 bridgehead atoms. The third-order valence-corrected chi connectivity index (χ3v) is 4.71. The summed E-state index contributed by atoms with van der Waals surface area (Å²) >= 11 is 0. The summed E-state index contributed by atoms with van der Waals surface area (Å²) in [5.41, 5.74) is 7.47. The van der Waals surface area contributed by atoms with Crippen molar-refractivity contribution in [1.29, 1.82) is 0 Å². The van der Waals surface area contributed by atoms with E-state index in [0.29, 0.717) is 29.9 Å². The van der Waals surface area contributed by atoms with E-state index in [4.69, 9.17) is 5.73 Å². The van der Waals surface area contributed by atoms with Crippen LogP contribution in [-0.4, -0.2) is 31.2 Å². The Morgan fingerprint density at radius 2 is 2.33 bits per heavy atom. The Labute approximate surface area is 104 Å². The summed E-state index contributed by atoms with van der Waals surface area (Å²) in [6.07, 6.45) is 6.59. The molecular weight excluding hydrogens is 230 g/mol. The van der Waals surface area contributed by atoms with Crippen molar-refractivity contribution in [3.63, 3.8) is 0 Å². The van der Waals surface area contributed by atoms with Crippen LogP contribution in [0.4, 0.5) is 5.82 Å². The van der Waals surface area contributed by atoms with Gasteiger partial charge in [-0.25, -0.2) is 15.0 Å². The van der Waals surface area contributed by atoms with Crippen LogP contribution in [0.25, 0.3) is 11.2 Å². The fourth-order valence-corrected chi connectivity index (χ4v) is 3.55. The smallest absolute Gasteiger partial charge is 0.165 e. The number of aliphatic hydroxyl groups excluding tert-OH is 1. The number of nitrogens with zero attached hydrogens (tertiary/aromatic N) is 4. The summed E-state index contributed by atoms with van der Waals surface area (Å²) in [7, 11) is 0. The minimum absolute atomic E-state index is 0.180. The first kappa shape index (κ1) is 10.3. The van der Waals surface area contributed by atoms with Crippen molar-refractivity contribution in [3.05, 3.63) is 12.7 Å². The van der Waals surface area contributed by atoms with E-state index in [9.17, 15) is 5.11 Å². The molecule has 2 aromatic heterocycles. The van der Waals surface area contributed by atoms with Crippen molar-refractivity contribution in [2.45, 2.75) is 25.3 Å². The van der Waals surface area contributed by atoms with Crippen LogP contribution in [0, 0.1) is 11.3 Å². The lowest BCUT2D eigenvalue weighted by atomic mass is 10.1. The predicted octanol–water partition coefficient (Wildman–Crippen LogP) is 0.742. The molecule has 2 aliphatic carbocycles. The lowest BCUT2D eigenvalue weighted by Crippen LogP contribution is -2.09. The minimum atomic E-state index is 0.180. The quantitative estimate of drug-likeness (QED) is 0.814. The summed E-state index contributed by atoms with van der Waals surface area (Å²) in [6, 6.07) is 0.399. The van der Waals surface area contributed by atoms with Gasteiger partial charge in [0.05, 0.1) is 6.33 Å². The van der Waals surface area contributed by atoms with E-state index < -0.39 is 0 Å². The normalized spacial score (nSPS) is 33.8. The Morgan fingerprint density at radius 3 is 3.06 bits per heavy atom. The number of hydrogen-bond donors (Lipinski definition) is 2. The van der Waals surface area contributed by atoms with Crippen LogP contribution >= 0.6 is 0 Å². The van der Waals surface area contributed by atoms with Gasteiger partial charge in [-0.3, -0.25) is 0 Å². The molecule has 2 aromatic rings. The molecule has 2 aliphatic rings. The van der Waals surface area contributed by atoms with Crippen molar-refractivity contribution in [2.75, 3.05) is 12.3 Å². The maximum Gasteiger partial charge on any atom is 0.165 e. The maximum atomic E-state index is 9.47. The van der Waals surface area contributed by atoms with Gasteiger partial charge in [0.15, 0.2) is 11.5 Å². The molecule has 3 atom stereocenters. The molecule has 0 unspecified atom stereocenters. The van der Waals surface area contributed by atoms with E-state index in [2.05, 4.69) is 19.5 Å². The standard InChI is InChI=1S/C12H15N5O/c13-10-9-11(15-5-14-10)17(6-16-9)8-1-2-12(4-18)3-7(8)12/h5-8,18H,1-4H2,(H2,13,14,15)/t7-,8+,12+/m1/s1. The number of aromatic nitrogens is 4. The van der Waals surface area contributed by atoms with Gasteiger partial charge < -0.3 is 15.4 Å². The number of nitrogen functional groups attached to an aromatic ring is 1. The second-order valence-corrected chi connectivity index (χ2v) is 5.52. The van der Waals surface area contributed by atoms with E-state index in [1.54, 1.807) is 0 Å². The molecule has 2 fully saturated rings. The third kappa shape index (κ3) is 1.13. The van der Waals surface area contributed by atoms with Gasteiger partial charge in [-0.2, -0.15) is 0 Å². The zero-order chi connectivity index (χ0) is 12.3. The highest BCUT2D eigenvalue weighted by molar-refractivity contribution is 5.81. The summed E-state index contributed by atoms with van der Waals surface area (Å²) in [6.45, 7) is 0.303. The first-order chi connectivity index (χ1) is 8.75. The number of fused-ring (bicyclic) bond motifs is 2. The molecule has 94 valence electrons. The van der Waals surface area contributed by atoms with Crippen molar-refractivity contribution >= 4 is 17.0 Å². The Bertz CT molecular complexity index is 624. The van der Waals surface area contributed by atoms with Crippen molar-refractivity contribution in [2.24, 2.45) is 11.3 Å². The van der Waals surface area contributed by atoms with Gasteiger partial charge in [-0.1, -0.05) is 0 Å². The van der Waals surface area contributed by atoms with Crippen LogP contribution in [0.15, 0.2) is 12.7 Å². The van der Waals surface area contributed by atoms with Crippen molar-refractivity contribution in [1.82, 2.24) is 19.5 Å². The summed E-state index contributed by atoms with van der Waals surface area (Å²) in [4.78, 5) is 12.6. The molecule has 18 heavy (non-hydrogen) atoms. The van der Waals surface area contributed by atoms with Gasteiger partial charge in [-0.05, 0) is 30.6 Å². The number of rotatable bonds is 2. The molecule has 2 heterocycles. The van der Waals surface area contributed by atoms with E-state index in [-0.39, 0.29) is 5.41 Å². The lowest BCUT2D eigenvalue weighted by molar-refractivity contribution is 0.205. The molecule has 3 N–H and O–H groups in total. The summed E-state index contributed by atoms with van der Waals surface area (Å²) < 4.78 is 2.11. The molecular formula is C12H15N5O. The monoisotopic (exact) mass is 245 g/mol. The number of hydrogen-bond acceptors (Lipinski definition) is 5. The highest BCUT2D eigenvalue weighted by Gasteiger charge is 2.61. The fourth-order valence-electron chi connectivity index (χ4n) is 3.55. The number of aliphatic hydroxyl groups is 1. The average Bonchev–Trinajstić information content (AvgIpc) is 2.78. The summed E-state index contributed by atoms with van der Waals surface area (Å²) in [5.74, 6) is 0.997. The molecule has 6 heteroatoms. The maximum absolute atomic E-state index is 9.47. The van der Waals surface area contributed by atoms with Crippen LogP contribution in [0.1, 0.15) is 25.3 Å². The topological polar surface area (TPSA) is 89.9 Å². The fraction of sp³-hybridized carbons (Fsp3) is 0.583. The van der Waals surface area contributed by atoms with Crippen LogP contribution < -0.4 is 5.73 Å². The number of nitrogens with two attached hydrogens (primary N) is 1. The van der Waals surface area contributed by atoms with Gasteiger partial charge >= 0.3 is 0 Å². The predicted molar refractivity (Wildman–Crippen MR) is 65.6 cm³/mol. The molecule has 6 nitrogen and oxygen atoms in total. The first-order valence-electron chi connectivity index (χ1n) is 6.29. The Hall–Kier alpha value is -1.69. The molecule has 0 radical (unpaired) electrons. The Balaban J connectivity index is 1.79. The zero-order valence-electron chi connectivity index (χ0n) is 9.95. The highest BCUT2D eigenvalue weighted by Crippen LogP contribution is 2.67. The molecule has 0 saturated heterocycles. The van der Waals surface area contributed by atoms with E-state index in [1.807, 2.05) is 6.33 Å². The molecule has 0 aromatic carbocycles. The van der Waals surface area contributed by atoms with Crippen LogP contribution in [-0.2, 0) is 0 Å². The molecule has 2 saturated carbocycles. The van der Waals surface area contributed by atoms with Crippen molar-refractivity contribution in [3.8, 4) is 0 Å². The lowest BCUT2D eigenvalue weighted by Gasteiger charge is -2.13. The second-order valence-electron chi connectivity index (χ2n) is 5.52. The molecule has 4 rings (SSSR count). The van der Waals surface area contributed by atoms with E-state index in [1.165, 1.54) is 6.33 Å². The van der Waals surface area contributed by atoms with Gasteiger partial charge in [0, 0.05) is 12.6 Å². The largest absolute Gasteiger partial charge is 0.396 e. The van der Waals surface area contributed by atoms with Gasteiger partial charge in [0.1, 0.15) is 11.8 Å². The average molecular weight is 245 g/mol. The molecule has 0 aliphatic heterocycles. The van der Waals surface area contributed by atoms with Crippen LogP contribution in [0.2, 0.25) is 0 Å². The minimum Gasteiger partial charge on any atom is -0.396 e.